The zero-order chi connectivity index (χ0) is 21.2. The van der Waals surface area contributed by atoms with Crippen LogP contribution in [0.25, 0.3) is 0 Å². The number of hydrogen-bond acceptors (Lipinski definition) is 6. The van der Waals surface area contributed by atoms with Crippen molar-refractivity contribution in [2.75, 3.05) is 24.0 Å². The Balaban J connectivity index is 0.00000122. The van der Waals surface area contributed by atoms with Crippen molar-refractivity contribution in [3.63, 3.8) is 0 Å². The first kappa shape index (κ1) is 23.5. The number of alkyl halides is 3. The van der Waals surface area contributed by atoms with Gasteiger partial charge in [-0.1, -0.05) is 6.07 Å². The van der Waals surface area contributed by atoms with Crippen LogP contribution in [0.2, 0.25) is 0 Å². The topological polar surface area (TPSA) is 101 Å². The zero-order valence-electron chi connectivity index (χ0n) is 15.2. The van der Waals surface area contributed by atoms with Gasteiger partial charge in [0.1, 0.15) is 5.75 Å². The normalized spacial score (nSPS) is 10.5. The van der Waals surface area contributed by atoms with Crippen LogP contribution in [0.15, 0.2) is 41.0 Å². The van der Waals surface area contributed by atoms with Gasteiger partial charge in [0.15, 0.2) is 6.67 Å². The van der Waals surface area contributed by atoms with Gasteiger partial charge < -0.3 is 15.5 Å². The van der Waals surface area contributed by atoms with E-state index in [1.807, 2.05) is 0 Å². The summed E-state index contributed by atoms with van der Waals surface area (Å²) in [7, 11) is 0. The molecule has 0 spiro atoms. The molecule has 0 atom stereocenters. The number of benzene rings is 1. The van der Waals surface area contributed by atoms with Crippen molar-refractivity contribution in [2.45, 2.75) is 25.7 Å². The van der Waals surface area contributed by atoms with Crippen LogP contribution >= 0.6 is 15.9 Å². The molecule has 2 aromatic rings. The molecule has 0 bridgehead atoms. The quantitative estimate of drug-likeness (QED) is 0.333. The molecule has 0 aliphatic heterocycles. The lowest BCUT2D eigenvalue weighted by molar-refractivity contribution is -0.0310. The summed E-state index contributed by atoms with van der Waals surface area (Å²) in [5.41, 5.74) is 6.79. The molecule has 0 unspecified atom stereocenters. The minimum Gasteiger partial charge on any atom is -0.438 e. The fourth-order valence-corrected chi connectivity index (χ4v) is 2.52. The number of hydrazine groups is 1. The maximum Gasteiger partial charge on any atom is 0.276 e. The van der Waals surface area contributed by atoms with E-state index in [9.17, 15) is 13.2 Å². The van der Waals surface area contributed by atoms with E-state index in [-0.39, 0.29) is 13.0 Å². The minimum atomic E-state index is -3.33. The van der Waals surface area contributed by atoms with Crippen LogP contribution in [0.1, 0.15) is 19.8 Å². The molecule has 10 heteroatoms. The summed E-state index contributed by atoms with van der Waals surface area (Å²) in [4.78, 5) is 4.05. The Morgan fingerprint density at radius 3 is 2.57 bits per heavy atom. The lowest BCUT2D eigenvalue weighted by atomic mass is 10.2. The molecule has 0 fully saturated rings. The lowest BCUT2D eigenvalue weighted by Gasteiger charge is -2.23. The van der Waals surface area contributed by atoms with Gasteiger partial charge in [0.2, 0.25) is 5.88 Å². The van der Waals surface area contributed by atoms with Crippen molar-refractivity contribution in [1.29, 1.82) is 5.26 Å². The highest BCUT2D eigenvalue weighted by Crippen LogP contribution is 2.39. The fourth-order valence-electron chi connectivity index (χ4n) is 2.11. The Morgan fingerprint density at radius 2 is 2.00 bits per heavy atom. The Bertz CT molecular complexity index is 787. The van der Waals surface area contributed by atoms with E-state index in [4.69, 9.17) is 21.6 Å². The Morgan fingerprint density at radius 1 is 1.32 bits per heavy atom. The molecule has 1 heterocycles. The number of nitrogens with zero attached hydrogens (tertiary/aromatic N) is 3. The van der Waals surface area contributed by atoms with E-state index in [0.717, 1.165) is 0 Å². The third kappa shape index (κ3) is 7.25. The average molecular weight is 460 g/mol. The van der Waals surface area contributed by atoms with Crippen molar-refractivity contribution >= 4 is 27.3 Å². The summed E-state index contributed by atoms with van der Waals surface area (Å²) in [6.07, 6.45) is 1.03. The van der Waals surface area contributed by atoms with Crippen molar-refractivity contribution in [2.24, 2.45) is 5.84 Å². The van der Waals surface area contributed by atoms with Gasteiger partial charge in [-0.3, -0.25) is 0 Å². The van der Waals surface area contributed by atoms with E-state index >= 15 is 0 Å². The van der Waals surface area contributed by atoms with Crippen LogP contribution in [0.4, 0.5) is 24.5 Å². The molecule has 1 aromatic carbocycles. The molecule has 0 aliphatic carbocycles. The van der Waals surface area contributed by atoms with Crippen LogP contribution in [0.3, 0.4) is 0 Å². The van der Waals surface area contributed by atoms with E-state index in [2.05, 4.69) is 20.9 Å². The number of nitrogens with two attached hydrogens (primary N) is 2. The molecule has 0 radical (unpaired) electrons. The molecule has 28 heavy (non-hydrogen) atoms. The number of rotatable bonds is 8. The zero-order valence-corrected chi connectivity index (χ0v) is 16.8. The summed E-state index contributed by atoms with van der Waals surface area (Å²) in [5.74, 6) is 3.39. The van der Waals surface area contributed by atoms with Gasteiger partial charge in [-0.05, 0) is 40.5 Å². The van der Waals surface area contributed by atoms with Gasteiger partial charge in [-0.15, -0.1) is 0 Å². The molecule has 1 aromatic heterocycles. The van der Waals surface area contributed by atoms with Crippen LogP contribution in [-0.4, -0.2) is 24.1 Å². The largest absolute Gasteiger partial charge is 0.438 e. The van der Waals surface area contributed by atoms with E-state index < -0.39 is 19.0 Å². The molecule has 2 rings (SSSR count). The number of anilines is 2. The molecular weight excluding hydrogens is 439 g/mol. The van der Waals surface area contributed by atoms with Gasteiger partial charge in [-0.2, -0.15) is 5.26 Å². The highest BCUT2D eigenvalue weighted by atomic mass is 79.9. The maximum absolute atomic E-state index is 12.9. The van der Waals surface area contributed by atoms with Crippen LogP contribution in [0, 0.1) is 11.3 Å². The van der Waals surface area contributed by atoms with Crippen LogP contribution in [-0.2, 0) is 0 Å². The van der Waals surface area contributed by atoms with E-state index in [0.29, 0.717) is 27.5 Å². The van der Waals surface area contributed by atoms with Crippen molar-refractivity contribution in [3.05, 3.63) is 41.0 Å². The Labute approximate surface area is 170 Å². The number of nitriles is 1. The molecule has 0 saturated heterocycles. The highest BCUT2D eigenvalue weighted by Gasteiger charge is 2.28. The van der Waals surface area contributed by atoms with Crippen molar-refractivity contribution < 1.29 is 17.9 Å². The van der Waals surface area contributed by atoms with Crippen molar-refractivity contribution in [1.82, 2.24) is 4.98 Å². The van der Waals surface area contributed by atoms with Gasteiger partial charge in [-0.25, -0.2) is 24.0 Å². The maximum atomic E-state index is 12.9. The number of halogens is 4. The molecule has 152 valence electrons. The van der Waals surface area contributed by atoms with Gasteiger partial charge in [0.25, 0.3) is 5.92 Å². The van der Waals surface area contributed by atoms with Crippen LogP contribution < -0.4 is 21.3 Å². The molecule has 0 saturated carbocycles. The number of hydrogen-bond donors (Lipinski definition) is 2. The average Bonchev–Trinajstić information content (AvgIpc) is 2.67. The fraction of sp³-hybridized carbons (Fsp3) is 0.333. The van der Waals surface area contributed by atoms with Gasteiger partial charge >= 0.3 is 0 Å². The number of aromatic nitrogens is 1. The molecule has 4 N–H and O–H groups in total. The predicted octanol–water partition coefficient (Wildman–Crippen LogP) is 4.81. The summed E-state index contributed by atoms with van der Waals surface area (Å²) < 4.78 is 44.1. The first-order valence-electron chi connectivity index (χ1n) is 8.19. The van der Waals surface area contributed by atoms with E-state index in [1.165, 1.54) is 11.9 Å². The highest BCUT2D eigenvalue weighted by molar-refractivity contribution is 9.10. The molecule has 0 aliphatic rings. The number of ether oxygens (including phenoxy) is 1. The lowest BCUT2D eigenvalue weighted by Crippen LogP contribution is -2.33. The molecular formula is C18H21BrF3N5O. The third-order valence-corrected chi connectivity index (χ3v) is 4.24. The smallest absolute Gasteiger partial charge is 0.276 e. The Hall–Kier alpha value is -2.51. The monoisotopic (exact) mass is 459 g/mol. The minimum absolute atomic E-state index is 0.0245. The second kappa shape index (κ2) is 11.4. The SMILES string of the molecule is CC#N.Nc1c(N(N)CCCC(F)(F)CF)ccc(Oc2ccccn2)c1Br. The Kier molecular flexibility index (Phi) is 9.55. The predicted molar refractivity (Wildman–Crippen MR) is 106 cm³/mol. The van der Waals surface area contributed by atoms with Crippen LogP contribution in [0.5, 0.6) is 11.6 Å². The standard InChI is InChI=1S/C16H18BrF3N4O.C2H3N/c17-14-12(25-13-4-1-2-8-23-13)6-5-11(15(14)21)24(22)9-3-7-16(19,20)10-18;1-2-3/h1-2,4-6,8H,3,7,9-10,21-22H2;1H3. The van der Waals surface area contributed by atoms with E-state index in [1.54, 1.807) is 42.6 Å². The number of pyridine rings is 1. The van der Waals surface area contributed by atoms with Crippen molar-refractivity contribution in [3.8, 4) is 17.7 Å². The summed E-state index contributed by atoms with van der Waals surface area (Å²) in [6, 6.07) is 10.2. The first-order valence-corrected chi connectivity index (χ1v) is 8.98. The summed E-state index contributed by atoms with van der Waals surface area (Å²) in [5, 5.41) is 8.57. The second-order valence-corrected chi connectivity index (χ2v) is 6.38. The summed E-state index contributed by atoms with van der Waals surface area (Å²) >= 11 is 3.34. The first-order chi connectivity index (χ1) is 13.3. The molecule has 6 nitrogen and oxygen atoms in total. The molecule has 0 amide bonds. The van der Waals surface area contributed by atoms with Gasteiger partial charge in [0.05, 0.1) is 21.9 Å². The summed E-state index contributed by atoms with van der Waals surface area (Å²) in [6.45, 7) is -0.141. The third-order valence-electron chi connectivity index (χ3n) is 3.42. The second-order valence-electron chi connectivity index (χ2n) is 5.59. The number of nitrogen functional groups attached to an aromatic ring is 1. The van der Waals surface area contributed by atoms with Gasteiger partial charge in [0, 0.05) is 32.2 Å².